The highest BCUT2D eigenvalue weighted by Gasteiger charge is 2.02. The van der Waals surface area contributed by atoms with Gasteiger partial charge in [-0.2, -0.15) is 5.10 Å². The number of halogens is 1. The molecule has 0 saturated carbocycles. The Morgan fingerprint density at radius 1 is 1.03 bits per heavy atom. The summed E-state index contributed by atoms with van der Waals surface area (Å²) >= 11 is 7.27. The van der Waals surface area contributed by atoms with Crippen molar-refractivity contribution in [3.05, 3.63) is 94.5 Å². The Labute approximate surface area is 179 Å². The molecule has 3 aromatic carbocycles. The van der Waals surface area contributed by atoms with Gasteiger partial charge in [-0.1, -0.05) is 41.4 Å². The molecule has 3 rings (SSSR count). The second-order valence-corrected chi connectivity index (χ2v) is 7.86. The van der Waals surface area contributed by atoms with Crippen molar-refractivity contribution in [2.75, 3.05) is 5.75 Å². The van der Waals surface area contributed by atoms with Gasteiger partial charge in [0.1, 0.15) is 12.4 Å². The summed E-state index contributed by atoms with van der Waals surface area (Å²) in [6.07, 6.45) is 1.61. The van der Waals surface area contributed by atoms with E-state index >= 15 is 0 Å². The first-order valence-corrected chi connectivity index (χ1v) is 10.4. The summed E-state index contributed by atoms with van der Waals surface area (Å²) in [6.45, 7) is 2.58. The summed E-state index contributed by atoms with van der Waals surface area (Å²) in [5.74, 6) is 0.899. The highest BCUT2D eigenvalue weighted by Crippen LogP contribution is 2.20. The lowest BCUT2D eigenvalue weighted by atomic mass is 10.2. The molecule has 6 heteroatoms. The van der Waals surface area contributed by atoms with Crippen molar-refractivity contribution >= 4 is 35.5 Å². The van der Waals surface area contributed by atoms with Gasteiger partial charge in [0.25, 0.3) is 0 Å². The smallest absolute Gasteiger partial charge is 0.250 e. The number of nitrogens with zero attached hydrogens (tertiary/aromatic N) is 1. The van der Waals surface area contributed by atoms with E-state index in [-0.39, 0.29) is 11.7 Å². The number of hydrogen-bond donors (Lipinski definition) is 1. The Morgan fingerprint density at radius 3 is 2.41 bits per heavy atom. The van der Waals surface area contributed by atoms with E-state index in [9.17, 15) is 4.79 Å². The second-order valence-electron chi connectivity index (χ2n) is 6.38. The monoisotopic (exact) mass is 424 g/mol. The molecule has 0 spiro atoms. The van der Waals surface area contributed by atoms with Gasteiger partial charge in [0.05, 0.1) is 12.0 Å². The average molecular weight is 425 g/mol. The zero-order chi connectivity index (χ0) is 20.5. The number of carbonyl (C=O) groups excluding carboxylic acids is 1. The first-order chi connectivity index (χ1) is 14.1. The summed E-state index contributed by atoms with van der Waals surface area (Å²) in [5.41, 5.74) is 5.76. The molecule has 29 heavy (non-hydrogen) atoms. The fourth-order valence-corrected chi connectivity index (χ4v) is 3.21. The maximum atomic E-state index is 11.9. The van der Waals surface area contributed by atoms with Crippen LogP contribution in [0.15, 0.2) is 82.8 Å². The molecular formula is C23H21ClN2O2S. The molecule has 0 bridgehead atoms. The number of hydrogen-bond acceptors (Lipinski definition) is 4. The number of nitrogens with one attached hydrogen (secondary N) is 1. The molecule has 0 heterocycles. The molecule has 0 saturated heterocycles. The van der Waals surface area contributed by atoms with Crippen molar-refractivity contribution in [3.63, 3.8) is 0 Å². The van der Waals surface area contributed by atoms with Crippen molar-refractivity contribution in [2.24, 2.45) is 5.10 Å². The third-order valence-corrected chi connectivity index (χ3v) is 5.26. The minimum Gasteiger partial charge on any atom is -0.489 e. The summed E-state index contributed by atoms with van der Waals surface area (Å²) in [4.78, 5) is 12.9. The van der Waals surface area contributed by atoms with Gasteiger partial charge >= 0.3 is 0 Å². The quantitative estimate of drug-likeness (QED) is 0.296. The molecule has 0 aliphatic rings. The fourth-order valence-electron chi connectivity index (χ4n) is 2.39. The van der Waals surface area contributed by atoms with Crippen LogP contribution in [0.3, 0.4) is 0 Å². The van der Waals surface area contributed by atoms with Crippen LogP contribution in [-0.2, 0) is 11.4 Å². The third-order valence-electron chi connectivity index (χ3n) is 3.99. The molecule has 148 valence electrons. The Bertz CT molecular complexity index is 956. The molecule has 0 atom stereocenters. The van der Waals surface area contributed by atoms with Crippen LogP contribution in [0, 0.1) is 6.92 Å². The van der Waals surface area contributed by atoms with Gasteiger partial charge in [0.2, 0.25) is 5.91 Å². The van der Waals surface area contributed by atoms with E-state index in [1.54, 1.807) is 18.3 Å². The molecule has 1 N–H and O–H groups in total. The number of ether oxygens (including phenoxy) is 1. The van der Waals surface area contributed by atoms with Crippen molar-refractivity contribution < 1.29 is 9.53 Å². The summed E-state index contributed by atoms with van der Waals surface area (Å²) in [6, 6.07) is 23.2. The van der Waals surface area contributed by atoms with E-state index < -0.39 is 0 Å². The standard InChI is InChI=1S/C23H21ClN2O2S/c1-17-2-4-19(5-3-17)15-28-21-10-6-18(7-11-21)14-25-26-23(27)16-29-22-12-8-20(24)9-13-22/h2-14H,15-16H2,1H3,(H,26,27). The van der Waals surface area contributed by atoms with Crippen LogP contribution in [0.5, 0.6) is 5.75 Å². The normalized spacial score (nSPS) is 10.8. The second kappa shape index (κ2) is 10.7. The Morgan fingerprint density at radius 2 is 1.72 bits per heavy atom. The zero-order valence-corrected chi connectivity index (χ0v) is 17.5. The minimum absolute atomic E-state index is 0.167. The molecule has 0 fully saturated rings. The molecule has 3 aromatic rings. The summed E-state index contributed by atoms with van der Waals surface area (Å²) in [5, 5.41) is 4.68. The van der Waals surface area contributed by atoms with E-state index in [1.165, 1.54) is 17.3 Å². The van der Waals surface area contributed by atoms with E-state index in [0.717, 1.165) is 21.8 Å². The first kappa shape index (κ1) is 21.0. The zero-order valence-electron chi connectivity index (χ0n) is 16.0. The summed E-state index contributed by atoms with van der Waals surface area (Å²) < 4.78 is 5.79. The van der Waals surface area contributed by atoms with Gasteiger partial charge in [-0.25, -0.2) is 5.43 Å². The van der Waals surface area contributed by atoms with E-state index in [1.807, 2.05) is 36.4 Å². The predicted octanol–water partition coefficient (Wildman–Crippen LogP) is 5.47. The van der Waals surface area contributed by atoms with Gasteiger partial charge in [-0.05, 0) is 66.6 Å². The molecule has 0 radical (unpaired) electrons. The number of carbonyl (C=O) groups is 1. The fraction of sp³-hybridized carbons (Fsp3) is 0.130. The highest BCUT2D eigenvalue weighted by atomic mass is 35.5. The van der Waals surface area contributed by atoms with Gasteiger partial charge in [0.15, 0.2) is 0 Å². The third kappa shape index (κ3) is 7.29. The number of amides is 1. The number of hydrazone groups is 1. The Kier molecular flexibility index (Phi) is 7.73. The Hall–Kier alpha value is -2.76. The SMILES string of the molecule is Cc1ccc(COc2ccc(C=NNC(=O)CSc3ccc(Cl)cc3)cc2)cc1. The average Bonchev–Trinajstić information content (AvgIpc) is 2.74. The predicted molar refractivity (Wildman–Crippen MR) is 120 cm³/mol. The minimum atomic E-state index is -0.167. The highest BCUT2D eigenvalue weighted by molar-refractivity contribution is 8.00. The van der Waals surface area contributed by atoms with Crippen molar-refractivity contribution in [2.45, 2.75) is 18.4 Å². The van der Waals surface area contributed by atoms with E-state index in [2.05, 4.69) is 41.7 Å². The van der Waals surface area contributed by atoms with Crippen LogP contribution in [0.2, 0.25) is 5.02 Å². The molecule has 0 unspecified atom stereocenters. The van der Waals surface area contributed by atoms with E-state index in [0.29, 0.717) is 11.6 Å². The number of aryl methyl sites for hydroxylation is 1. The van der Waals surface area contributed by atoms with Crippen LogP contribution in [0.1, 0.15) is 16.7 Å². The molecule has 0 aromatic heterocycles. The maximum absolute atomic E-state index is 11.9. The molecule has 1 amide bonds. The van der Waals surface area contributed by atoms with Crippen LogP contribution in [-0.4, -0.2) is 17.9 Å². The van der Waals surface area contributed by atoms with Crippen LogP contribution in [0.25, 0.3) is 0 Å². The van der Waals surface area contributed by atoms with Crippen LogP contribution in [0.4, 0.5) is 0 Å². The first-order valence-electron chi connectivity index (χ1n) is 9.07. The Balaban J connectivity index is 1.41. The largest absolute Gasteiger partial charge is 0.489 e. The molecule has 0 aliphatic heterocycles. The maximum Gasteiger partial charge on any atom is 0.250 e. The number of benzene rings is 3. The summed E-state index contributed by atoms with van der Waals surface area (Å²) in [7, 11) is 0. The van der Waals surface area contributed by atoms with Crippen molar-refractivity contribution in [3.8, 4) is 5.75 Å². The lowest BCUT2D eigenvalue weighted by Gasteiger charge is -2.07. The number of rotatable bonds is 8. The van der Waals surface area contributed by atoms with E-state index in [4.69, 9.17) is 16.3 Å². The lowest BCUT2D eigenvalue weighted by Crippen LogP contribution is -2.19. The van der Waals surface area contributed by atoms with Crippen molar-refractivity contribution in [1.82, 2.24) is 5.43 Å². The molecule has 4 nitrogen and oxygen atoms in total. The van der Waals surface area contributed by atoms with Gasteiger partial charge < -0.3 is 4.74 Å². The number of thioether (sulfide) groups is 1. The van der Waals surface area contributed by atoms with Gasteiger partial charge in [-0.15, -0.1) is 11.8 Å². The van der Waals surface area contributed by atoms with Crippen molar-refractivity contribution in [1.29, 1.82) is 0 Å². The lowest BCUT2D eigenvalue weighted by molar-refractivity contribution is -0.118. The molecule has 0 aliphatic carbocycles. The van der Waals surface area contributed by atoms with Crippen LogP contribution >= 0.6 is 23.4 Å². The van der Waals surface area contributed by atoms with Gasteiger partial charge in [-0.3, -0.25) is 4.79 Å². The topological polar surface area (TPSA) is 50.7 Å². The van der Waals surface area contributed by atoms with Crippen LogP contribution < -0.4 is 10.2 Å². The molecular weight excluding hydrogens is 404 g/mol. The van der Waals surface area contributed by atoms with Gasteiger partial charge in [0, 0.05) is 9.92 Å².